The van der Waals surface area contributed by atoms with Gasteiger partial charge in [0.1, 0.15) is 0 Å². The molecule has 0 aromatic carbocycles. The van der Waals surface area contributed by atoms with Crippen molar-refractivity contribution in [2.75, 3.05) is 11.9 Å². The van der Waals surface area contributed by atoms with E-state index in [4.69, 9.17) is 0 Å². The number of hydrogen-bond acceptors (Lipinski definition) is 5. The first-order valence-corrected chi connectivity index (χ1v) is 6.53. The summed E-state index contributed by atoms with van der Waals surface area (Å²) in [5.41, 5.74) is -0.281. The number of aromatic amines is 1. The maximum atomic E-state index is 12.0. The Morgan fingerprint density at radius 2 is 2.05 bits per heavy atom. The molecule has 3 N–H and O–H groups in total. The molecular formula is C12H19N5O3. The minimum atomic E-state index is -0.472. The number of hydrogen-bond donors (Lipinski definition) is 3. The van der Waals surface area contributed by atoms with E-state index >= 15 is 0 Å². The van der Waals surface area contributed by atoms with Gasteiger partial charge in [0.05, 0.1) is 6.10 Å². The molecule has 0 radical (unpaired) electrons. The highest BCUT2D eigenvalue weighted by atomic mass is 16.3. The Kier molecular flexibility index (Phi) is 3.93. The van der Waals surface area contributed by atoms with Gasteiger partial charge in [-0.3, -0.25) is 13.9 Å². The van der Waals surface area contributed by atoms with Gasteiger partial charge in [0, 0.05) is 20.6 Å². The third-order valence-electron chi connectivity index (χ3n) is 3.22. The Bertz CT molecular complexity index is 727. The van der Waals surface area contributed by atoms with Gasteiger partial charge in [0.15, 0.2) is 11.2 Å². The van der Waals surface area contributed by atoms with Crippen molar-refractivity contribution in [3.05, 3.63) is 20.8 Å². The predicted molar refractivity (Wildman–Crippen MR) is 76.0 cm³/mol. The average Bonchev–Trinajstić information content (AvgIpc) is 2.85. The largest absolute Gasteiger partial charge is 0.391 e. The second-order valence-corrected chi connectivity index (χ2v) is 4.81. The number of anilines is 1. The number of nitrogens with one attached hydrogen (secondary N) is 2. The highest BCUT2D eigenvalue weighted by molar-refractivity contribution is 5.72. The van der Waals surface area contributed by atoms with Crippen LogP contribution in [0.3, 0.4) is 0 Å². The molecule has 20 heavy (non-hydrogen) atoms. The molecule has 0 fully saturated rings. The lowest BCUT2D eigenvalue weighted by molar-refractivity contribution is 0.176. The van der Waals surface area contributed by atoms with Crippen molar-refractivity contribution >= 4 is 17.1 Å². The van der Waals surface area contributed by atoms with E-state index in [0.29, 0.717) is 24.6 Å². The van der Waals surface area contributed by atoms with E-state index in [0.717, 1.165) is 11.0 Å². The Balaban J connectivity index is 2.35. The Morgan fingerprint density at radius 1 is 1.35 bits per heavy atom. The third kappa shape index (κ3) is 2.46. The summed E-state index contributed by atoms with van der Waals surface area (Å²) in [6, 6.07) is 0. The summed E-state index contributed by atoms with van der Waals surface area (Å²) in [7, 11) is 2.98. The van der Waals surface area contributed by atoms with Gasteiger partial charge >= 0.3 is 5.69 Å². The Morgan fingerprint density at radius 3 is 2.70 bits per heavy atom. The molecule has 2 aromatic rings. The fourth-order valence-electron chi connectivity index (χ4n) is 2.06. The second kappa shape index (κ2) is 5.49. The van der Waals surface area contributed by atoms with Crippen LogP contribution in [0.15, 0.2) is 9.59 Å². The van der Waals surface area contributed by atoms with Crippen LogP contribution in [0, 0.1) is 0 Å². The number of aliphatic hydroxyl groups is 1. The van der Waals surface area contributed by atoms with Crippen molar-refractivity contribution in [1.82, 2.24) is 19.1 Å². The molecule has 2 aromatic heterocycles. The highest BCUT2D eigenvalue weighted by Crippen LogP contribution is 2.08. The van der Waals surface area contributed by atoms with Gasteiger partial charge in [-0.05, 0) is 6.42 Å². The summed E-state index contributed by atoms with van der Waals surface area (Å²) >= 11 is 0. The maximum Gasteiger partial charge on any atom is 0.332 e. The van der Waals surface area contributed by atoms with Crippen LogP contribution in [0.1, 0.15) is 19.8 Å². The molecule has 8 heteroatoms. The molecule has 1 unspecified atom stereocenters. The van der Waals surface area contributed by atoms with E-state index < -0.39 is 17.4 Å². The SMILES string of the molecule is CCCC(O)CNc1nc2c([nH]1)c(=O)n(C)c(=O)n2C. The van der Waals surface area contributed by atoms with E-state index in [1.165, 1.54) is 11.6 Å². The molecule has 2 rings (SSSR count). The van der Waals surface area contributed by atoms with Crippen molar-refractivity contribution in [3.8, 4) is 0 Å². The van der Waals surface area contributed by atoms with E-state index in [1.807, 2.05) is 6.92 Å². The summed E-state index contributed by atoms with van der Waals surface area (Å²) in [5, 5.41) is 12.6. The van der Waals surface area contributed by atoms with Crippen LogP contribution in [0.25, 0.3) is 11.2 Å². The van der Waals surface area contributed by atoms with Crippen molar-refractivity contribution in [1.29, 1.82) is 0 Å². The fraction of sp³-hybridized carbons (Fsp3) is 0.583. The summed E-state index contributed by atoms with van der Waals surface area (Å²) < 4.78 is 2.33. The van der Waals surface area contributed by atoms with Crippen LogP contribution in [-0.2, 0) is 14.1 Å². The molecule has 0 spiro atoms. The monoisotopic (exact) mass is 281 g/mol. The molecule has 0 bridgehead atoms. The molecule has 2 heterocycles. The summed E-state index contributed by atoms with van der Waals surface area (Å²) in [5.74, 6) is 0.369. The summed E-state index contributed by atoms with van der Waals surface area (Å²) in [4.78, 5) is 30.8. The number of rotatable bonds is 5. The molecule has 110 valence electrons. The quantitative estimate of drug-likeness (QED) is 0.687. The standard InChI is InChI=1S/C12H19N5O3/c1-4-5-7(18)6-13-11-14-8-9(15-11)16(2)12(20)17(3)10(8)19/h7,18H,4-6H2,1-3H3,(H2,13,14,15). The van der Waals surface area contributed by atoms with Gasteiger partial charge in [-0.1, -0.05) is 13.3 Å². The number of imidazole rings is 1. The van der Waals surface area contributed by atoms with Crippen LogP contribution in [0.2, 0.25) is 0 Å². The van der Waals surface area contributed by atoms with Gasteiger partial charge < -0.3 is 15.4 Å². The number of aryl methyl sites for hydroxylation is 1. The lowest BCUT2D eigenvalue weighted by Gasteiger charge is -2.08. The molecule has 1 atom stereocenters. The average molecular weight is 281 g/mol. The summed E-state index contributed by atoms with van der Waals surface area (Å²) in [6.45, 7) is 2.33. The molecule has 0 aliphatic rings. The molecule has 0 aliphatic carbocycles. The lowest BCUT2D eigenvalue weighted by atomic mass is 10.2. The lowest BCUT2D eigenvalue weighted by Crippen LogP contribution is -2.36. The van der Waals surface area contributed by atoms with E-state index in [2.05, 4.69) is 15.3 Å². The highest BCUT2D eigenvalue weighted by Gasteiger charge is 2.13. The zero-order chi connectivity index (χ0) is 14.9. The first-order chi connectivity index (χ1) is 9.45. The van der Waals surface area contributed by atoms with Gasteiger partial charge in [-0.15, -0.1) is 0 Å². The minimum absolute atomic E-state index is 0.266. The van der Waals surface area contributed by atoms with Gasteiger partial charge in [-0.2, -0.15) is 4.98 Å². The molecule has 0 aliphatic heterocycles. The van der Waals surface area contributed by atoms with Crippen LogP contribution in [-0.4, -0.2) is 36.9 Å². The number of fused-ring (bicyclic) bond motifs is 1. The zero-order valence-electron chi connectivity index (χ0n) is 11.8. The normalized spacial score (nSPS) is 12.8. The smallest absolute Gasteiger partial charge is 0.332 e. The molecule has 0 amide bonds. The maximum absolute atomic E-state index is 12.0. The molecule has 0 saturated carbocycles. The van der Waals surface area contributed by atoms with Crippen LogP contribution < -0.4 is 16.6 Å². The fourth-order valence-corrected chi connectivity index (χ4v) is 2.06. The number of H-pyrrole nitrogens is 1. The third-order valence-corrected chi connectivity index (χ3v) is 3.22. The second-order valence-electron chi connectivity index (χ2n) is 4.81. The predicted octanol–water partition coefficient (Wildman–Crippen LogP) is -0.467. The molecule has 0 saturated heterocycles. The van der Waals surface area contributed by atoms with Gasteiger partial charge in [0.2, 0.25) is 5.95 Å². The summed E-state index contributed by atoms with van der Waals surface area (Å²) in [6.07, 6.45) is 1.10. The first-order valence-electron chi connectivity index (χ1n) is 6.53. The Labute approximate surface area is 115 Å². The van der Waals surface area contributed by atoms with E-state index in [1.54, 1.807) is 7.05 Å². The van der Waals surface area contributed by atoms with E-state index in [9.17, 15) is 14.7 Å². The zero-order valence-corrected chi connectivity index (χ0v) is 11.8. The van der Waals surface area contributed by atoms with E-state index in [-0.39, 0.29) is 5.52 Å². The number of aliphatic hydroxyl groups excluding tert-OH is 1. The van der Waals surface area contributed by atoms with Gasteiger partial charge in [-0.25, -0.2) is 4.79 Å². The number of nitrogens with zero attached hydrogens (tertiary/aromatic N) is 3. The van der Waals surface area contributed by atoms with Gasteiger partial charge in [0.25, 0.3) is 5.56 Å². The van der Waals surface area contributed by atoms with Crippen molar-refractivity contribution < 1.29 is 5.11 Å². The van der Waals surface area contributed by atoms with Crippen molar-refractivity contribution in [3.63, 3.8) is 0 Å². The Hall–Kier alpha value is -2.09. The van der Waals surface area contributed by atoms with Crippen LogP contribution in [0.4, 0.5) is 5.95 Å². The van der Waals surface area contributed by atoms with Crippen molar-refractivity contribution in [2.45, 2.75) is 25.9 Å². The topological polar surface area (TPSA) is 105 Å². The first kappa shape index (κ1) is 14.3. The van der Waals surface area contributed by atoms with Crippen LogP contribution >= 0.6 is 0 Å². The molecular weight excluding hydrogens is 262 g/mol. The van der Waals surface area contributed by atoms with Crippen LogP contribution in [0.5, 0.6) is 0 Å². The molecule has 8 nitrogen and oxygen atoms in total. The minimum Gasteiger partial charge on any atom is -0.391 e. The number of aromatic nitrogens is 4. The van der Waals surface area contributed by atoms with Crippen molar-refractivity contribution in [2.24, 2.45) is 14.1 Å².